The highest BCUT2D eigenvalue weighted by atomic mass is 16.6. The first-order valence-corrected chi connectivity index (χ1v) is 13.7. The molecule has 1 spiro atoms. The lowest BCUT2D eigenvalue weighted by molar-refractivity contribution is -0.155. The zero-order valence-corrected chi connectivity index (χ0v) is 22.6. The standard InChI is InChI=1S/C28H41N3O6/c1-6-30(7-2)19-11-9-18(10-12-19)29-25(33)24-28-14-13-21(37-28)22(27(35)36-8-3)23(28)26(34)31(24)20(16-32)15-17(4)5/h9-12,17,20-24,32H,6-8,13-16H2,1-5H3,(H,29,33)/t20-,21-,22+,23+,24-,28+/m1/s1. The number of hydrogen-bond donors (Lipinski definition) is 2. The average Bonchev–Trinajstić information content (AvgIpc) is 3.51. The first kappa shape index (κ1) is 27.4. The number of aliphatic hydroxyl groups excluding tert-OH is 1. The fourth-order valence-electron chi connectivity index (χ4n) is 6.67. The van der Waals surface area contributed by atoms with Gasteiger partial charge in [-0.25, -0.2) is 0 Å². The van der Waals surface area contributed by atoms with Crippen LogP contribution in [0.4, 0.5) is 11.4 Å². The molecular weight excluding hydrogens is 474 g/mol. The number of nitrogens with zero attached hydrogens (tertiary/aromatic N) is 2. The largest absolute Gasteiger partial charge is 0.466 e. The lowest BCUT2D eigenvalue weighted by atomic mass is 9.70. The molecule has 4 rings (SSSR count). The molecule has 0 radical (unpaired) electrons. The summed E-state index contributed by atoms with van der Waals surface area (Å²) in [7, 11) is 0. The van der Waals surface area contributed by atoms with Gasteiger partial charge in [-0.3, -0.25) is 14.4 Å². The van der Waals surface area contributed by atoms with Gasteiger partial charge in [-0.15, -0.1) is 0 Å². The fraction of sp³-hybridized carbons (Fsp3) is 0.679. The molecule has 37 heavy (non-hydrogen) atoms. The second-order valence-corrected chi connectivity index (χ2v) is 10.7. The SMILES string of the molecule is CCOC(=O)[C@@H]1[C@H]2C(=O)N([C@@H](CO)CC(C)C)[C@H](C(=O)Nc3ccc(N(CC)CC)cc3)[C@]23CC[C@H]1O3. The molecule has 3 heterocycles. The van der Waals surface area contributed by atoms with E-state index in [1.54, 1.807) is 6.92 Å². The van der Waals surface area contributed by atoms with E-state index in [9.17, 15) is 19.5 Å². The van der Waals surface area contributed by atoms with Crippen LogP contribution in [0, 0.1) is 17.8 Å². The number of likely N-dealkylation sites (tertiary alicyclic amines) is 1. The van der Waals surface area contributed by atoms with Gasteiger partial charge in [0, 0.05) is 24.5 Å². The van der Waals surface area contributed by atoms with Crippen LogP contribution in [0.5, 0.6) is 0 Å². The van der Waals surface area contributed by atoms with Crippen molar-refractivity contribution in [3.05, 3.63) is 24.3 Å². The number of esters is 1. The van der Waals surface area contributed by atoms with Crippen LogP contribution in [0.3, 0.4) is 0 Å². The highest BCUT2D eigenvalue weighted by Gasteiger charge is 2.75. The lowest BCUT2D eigenvalue weighted by Gasteiger charge is -2.37. The summed E-state index contributed by atoms with van der Waals surface area (Å²) in [6.07, 6.45) is 1.16. The smallest absolute Gasteiger partial charge is 0.312 e. The average molecular weight is 516 g/mol. The molecule has 3 aliphatic heterocycles. The van der Waals surface area contributed by atoms with Crippen LogP contribution in [0.2, 0.25) is 0 Å². The minimum atomic E-state index is -1.12. The Bertz CT molecular complexity index is 994. The van der Waals surface area contributed by atoms with E-state index in [2.05, 4.69) is 24.1 Å². The summed E-state index contributed by atoms with van der Waals surface area (Å²) in [6.45, 7) is 11.6. The number of hydrogen-bond acceptors (Lipinski definition) is 7. The molecule has 1 aromatic carbocycles. The first-order chi connectivity index (χ1) is 17.7. The van der Waals surface area contributed by atoms with Crippen molar-refractivity contribution in [2.45, 2.75) is 77.7 Å². The van der Waals surface area contributed by atoms with Gasteiger partial charge >= 0.3 is 5.97 Å². The van der Waals surface area contributed by atoms with Crippen LogP contribution in [0.1, 0.15) is 53.9 Å². The van der Waals surface area contributed by atoms with Crippen LogP contribution in [-0.2, 0) is 23.9 Å². The van der Waals surface area contributed by atoms with Gasteiger partial charge in [0.25, 0.3) is 0 Å². The van der Waals surface area contributed by atoms with E-state index in [0.717, 1.165) is 18.8 Å². The molecule has 204 valence electrons. The maximum Gasteiger partial charge on any atom is 0.312 e. The van der Waals surface area contributed by atoms with Crippen LogP contribution in [-0.4, -0.2) is 77.9 Å². The van der Waals surface area contributed by atoms with E-state index in [1.807, 2.05) is 38.1 Å². The second-order valence-electron chi connectivity index (χ2n) is 10.7. The van der Waals surface area contributed by atoms with Crippen LogP contribution in [0.15, 0.2) is 24.3 Å². The highest BCUT2D eigenvalue weighted by Crippen LogP contribution is 2.59. The van der Waals surface area contributed by atoms with Crippen molar-refractivity contribution in [3.8, 4) is 0 Å². The van der Waals surface area contributed by atoms with E-state index in [-0.39, 0.29) is 30.9 Å². The molecule has 2 amide bonds. The summed E-state index contributed by atoms with van der Waals surface area (Å²) in [6, 6.07) is 6.13. The third-order valence-electron chi connectivity index (χ3n) is 8.16. The van der Waals surface area contributed by atoms with Crippen molar-refractivity contribution < 1.29 is 29.0 Å². The van der Waals surface area contributed by atoms with Crippen LogP contribution in [0.25, 0.3) is 0 Å². The fourth-order valence-corrected chi connectivity index (χ4v) is 6.67. The monoisotopic (exact) mass is 515 g/mol. The molecule has 2 N–H and O–H groups in total. The van der Waals surface area contributed by atoms with Crippen molar-refractivity contribution >= 4 is 29.2 Å². The van der Waals surface area contributed by atoms with Crippen molar-refractivity contribution in [2.24, 2.45) is 17.8 Å². The lowest BCUT2D eigenvalue weighted by Crippen LogP contribution is -2.56. The maximum atomic E-state index is 14.0. The Morgan fingerprint density at radius 2 is 1.89 bits per heavy atom. The Morgan fingerprint density at radius 1 is 1.22 bits per heavy atom. The van der Waals surface area contributed by atoms with Crippen molar-refractivity contribution in [2.75, 3.05) is 36.5 Å². The molecule has 3 saturated heterocycles. The molecule has 0 unspecified atom stereocenters. The molecule has 6 atom stereocenters. The van der Waals surface area contributed by atoms with E-state index >= 15 is 0 Å². The molecular formula is C28H41N3O6. The molecule has 3 aliphatic rings. The predicted octanol–water partition coefficient (Wildman–Crippen LogP) is 2.82. The second kappa shape index (κ2) is 11.0. The van der Waals surface area contributed by atoms with E-state index in [1.165, 1.54) is 4.90 Å². The Hall–Kier alpha value is -2.65. The number of ether oxygens (including phenoxy) is 2. The minimum absolute atomic E-state index is 0.192. The van der Waals surface area contributed by atoms with Gasteiger partial charge in [0.15, 0.2) is 0 Å². The van der Waals surface area contributed by atoms with Crippen LogP contribution < -0.4 is 10.2 Å². The Balaban J connectivity index is 1.68. The molecule has 0 aliphatic carbocycles. The number of carbonyl (C=O) groups is 3. The molecule has 9 heteroatoms. The van der Waals surface area contributed by atoms with Gasteiger partial charge in [-0.2, -0.15) is 0 Å². The van der Waals surface area contributed by atoms with Gasteiger partial charge in [0.2, 0.25) is 11.8 Å². The number of anilines is 2. The first-order valence-electron chi connectivity index (χ1n) is 13.7. The predicted molar refractivity (Wildman–Crippen MR) is 140 cm³/mol. The normalized spacial score (nSPS) is 28.9. The topological polar surface area (TPSA) is 108 Å². The van der Waals surface area contributed by atoms with Crippen molar-refractivity contribution in [1.29, 1.82) is 0 Å². The minimum Gasteiger partial charge on any atom is -0.466 e. The zero-order chi connectivity index (χ0) is 26.9. The molecule has 1 aromatic rings. The Kier molecular flexibility index (Phi) is 8.14. The molecule has 2 bridgehead atoms. The summed E-state index contributed by atoms with van der Waals surface area (Å²) in [5, 5.41) is 13.3. The summed E-state index contributed by atoms with van der Waals surface area (Å²) in [5.74, 6) is -2.47. The van der Waals surface area contributed by atoms with E-state index in [0.29, 0.717) is 24.9 Å². The molecule has 0 aromatic heterocycles. The Morgan fingerprint density at radius 3 is 2.46 bits per heavy atom. The van der Waals surface area contributed by atoms with Gasteiger partial charge < -0.3 is 29.7 Å². The van der Waals surface area contributed by atoms with Gasteiger partial charge in [-0.1, -0.05) is 13.8 Å². The van der Waals surface area contributed by atoms with E-state index < -0.39 is 41.6 Å². The summed E-state index contributed by atoms with van der Waals surface area (Å²) >= 11 is 0. The highest BCUT2D eigenvalue weighted by molar-refractivity contribution is 6.03. The van der Waals surface area contributed by atoms with Crippen molar-refractivity contribution in [1.82, 2.24) is 4.90 Å². The number of nitrogens with one attached hydrogen (secondary N) is 1. The summed E-state index contributed by atoms with van der Waals surface area (Å²) < 4.78 is 11.7. The molecule has 3 fully saturated rings. The number of benzene rings is 1. The van der Waals surface area contributed by atoms with Gasteiger partial charge in [-0.05, 0) is 70.2 Å². The summed E-state index contributed by atoms with van der Waals surface area (Å²) in [5.41, 5.74) is 0.563. The number of carbonyl (C=O) groups excluding carboxylic acids is 3. The van der Waals surface area contributed by atoms with Gasteiger partial charge in [0.1, 0.15) is 11.6 Å². The number of rotatable bonds is 11. The maximum absolute atomic E-state index is 14.0. The Labute approximate surface area is 219 Å². The number of amides is 2. The van der Waals surface area contributed by atoms with E-state index in [4.69, 9.17) is 9.47 Å². The third-order valence-corrected chi connectivity index (χ3v) is 8.16. The van der Waals surface area contributed by atoms with Crippen molar-refractivity contribution in [3.63, 3.8) is 0 Å². The van der Waals surface area contributed by atoms with Gasteiger partial charge in [0.05, 0.1) is 37.2 Å². The summed E-state index contributed by atoms with van der Waals surface area (Å²) in [4.78, 5) is 44.6. The quantitative estimate of drug-likeness (QED) is 0.436. The number of aliphatic hydroxyl groups is 1. The molecule has 9 nitrogen and oxygen atoms in total. The van der Waals surface area contributed by atoms with Crippen LogP contribution >= 0.6 is 0 Å². The molecule has 0 saturated carbocycles. The third kappa shape index (κ3) is 4.72. The zero-order valence-electron chi connectivity index (χ0n) is 22.6. The number of fused-ring (bicyclic) bond motifs is 1.